The number of ether oxygens (including phenoxy) is 1. The smallest absolute Gasteiger partial charge is 0.252 e. The fourth-order valence-corrected chi connectivity index (χ4v) is 2.70. The average Bonchev–Trinajstić information content (AvgIpc) is 2.56. The number of pyridine rings is 1. The molecule has 0 spiro atoms. The van der Waals surface area contributed by atoms with Gasteiger partial charge >= 0.3 is 0 Å². The van der Waals surface area contributed by atoms with E-state index in [2.05, 4.69) is 55.0 Å². The van der Waals surface area contributed by atoms with Crippen molar-refractivity contribution in [2.75, 3.05) is 25.6 Å². The van der Waals surface area contributed by atoms with Crippen LogP contribution in [0.3, 0.4) is 0 Å². The molecule has 1 rings (SSSR count). The van der Waals surface area contributed by atoms with Crippen LogP contribution in [0.5, 0.6) is 0 Å². The standard InChI is InChI=1S/C20H37N2O.ClH/c1-4-5-6-7-8-9-10-11-12-13-18-23-19-22-16-14-20(15-17-22)21(2)3;/h14-17H,4-13,18-19H2,1-3H3;1H/q+1;/p-1. The quantitative estimate of drug-likeness (QED) is 0.374. The summed E-state index contributed by atoms with van der Waals surface area (Å²) in [6, 6.07) is 4.23. The van der Waals surface area contributed by atoms with Gasteiger partial charge in [-0.2, -0.15) is 4.57 Å². The van der Waals surface area contributed by atoms with Crippen molar-refractivity contribution in [3.63, 3.8) is 0 Å². The van der Waals surface area contributed by atoms with E-state index >= 15 is 0 Å². The summed E-state index contributed by atoms with van der Waals surface area (Å²) in [6.45, 7) is 3.81. The van der Waals surface area contributed by atoms with Crippen LogP contribution in [-0.4, -0.2) is 20.7 Å². The predicted molar refractivity (Wildman–Crippen MR) is 98.8 cm³/mol. The van der Waals surface area contributed by atoms with Gasteiger partial charge in [0.15, 0.2) is 12.4 Å². The molecule has 24 heavy (non-hydrogen) atoms. The first kappa shape index (κ1) is 23.2. The van der Waals surface area contributed by atoms with Crippen LogP contribution in [-0.2, 0) is 11.5 Å². The second-order valence-corrected chi connectivity index (χ2v) is 6.68. The van der Waals surface area contributed by atoms with E-state index in [1.807, 2.05) is 0 Å². The largest absolute Gasteiger partial charge is 1.00 e. The Bertz CT molecular complexity index is 382. The zero-order valence-corrected chi connectivity index (χ0v) is 16.7. The molecule has 0 aromatic carbocycles. The number of aromatic nitrogens is 1. The number of hydrogen-bond acceptors (Lipinski definition) is 2. The van der Waals surface area contributed by atoms with E-state index in [4.69, 9.17) is 4.74 Å². The highest BCUT2D eigenvalue weighted by Crippen LogP contribution is 2.10. The van der Waals surface area contributed by atoms with E-state index in [1.54, 1.807) is 0 Å². The van der Waals surface area contributed by atoms with Gasteiger partial charge in [0.25, 0.3) is 6.73 Å². The van der Waals surface area contributed by atoms with Crippen molar-refractivity contribution < 1.29 is 21.7 Å². The summed E-state index contributed by atoms with van der Waals surface area (Å²) in [5.41, 5.74) is 1.22. The molecule has 0 fully saturated rings. The molecule has 0 N–H and O–H groups in total. The molecule has 0 atom stereocenters. The molecule has 0 saturated heterocycles. The van der Waals surface area contributed by atoms with Crippen LogP contribution < -0.4 is 21.9 Å². The molecule has 0 unspecified atom stereocenters. The van der Waals surface area contributed by atoms with Crippen LogP contribution in [0.25, 0.3) is 0 Å². The van der Waals surface area contributed by atoms with Crippen molar-refractivity contribution >= 4 is 5.69 Å². The molecule has 0 aliphatic rings. The summed E-state index contributed by atoms with van der Waals surface area (Å²) in [5.74, 6) is 0. The summed E-state index contributed by atoms with van der Waals surface area (Å²) in [7, 11) is 4.11. The van der Waals surface area contributed by atoms with Gasteiger partial charge in [-0.05, 0) is 6.42 Å². The Labute approximate surface area is 155 Å². The highest BCUT2D eigenvalue weighted by molar-refractivity contribution is 5.41. The Morgan fingerprint density at radius 2 is 1.33 bits per heavy atom. The second-order valence-electron chi connectivity index (χ2n) is 6.68. The molecule has 1 aromatic rings. The average molecular weight is 357 g/mol. The molecule has 0 aliphatic carbocycles. The molecule has 0 aliphatic heterocycles. The third kappa shape index (κ3) is 11.7. The molecule has 3 nitrogen and oxygen atoms in total. The Balaban J connectivity index is 0.00000529. The van der Waals surface area contributed by atoms with E-state index in [9.17, 15) is 0 Å². The molecule has 4 heteroatoms. The number of nitrogens with zero attached hydrogens (tertiary/aromatic N) is 2. The normalized spacial score (nSPS) is 10.5. The second kappa shape index (κ2) is 15.7. The number of anilines is 1. The maximum Gasteiger partial charge on any atom is 0.252 e. The third-order valence-electron chi connectivity index (χ3n) is 4.27. The lowest BCUT2D eigenvalue weighted by atomic mass is 10.1. The molecule has 1 heterocycles. The van der Waals surface area contributed by atoms with Crippen LogP contribution in [0.4, 0.5) is 5.69 Å². The van der Waals surface area contributed by atoms with Crippen molar-refractivity contribution in [2.45, 2.75) is 77.9 Å². The van der Waals surface area contributed by atoms with E-state index in [-0.39, 0.29) is 12.4 Å². The molecule has 1 aromatic heterocycles. The summed E-state index contributed by atoms with van der Waals surface area (Å²) in [4.78, 5) is 2.11. The first-order valence-corrected chi connectivity index (χ1v) is 9.48. The van der Waals surface area contributed by atoms with Crippen molar-refractivity contribution in [3.8, 4) is 0 Å². The van der Waals surface area contributed by atoms with Crippen LogP contribution in [0.1, 0.15) is 71.1 Å². The highest BCUT2D eigenvalue weighted by atomic mass is 35.5. The van der Waals surface area contributed by atoms with Gasteiger partial charge in [0.05, 0.1) is 6.61 Å². The Morgan fingerprint density at radius 3 is 1.83 bits per heavy atom. The van der Waals surface area contributed by atoms with Gasteiger partial charge in [0.1, 0.15) is 0 Å². The SMILES string of the molecule is CCCCCCCCCCCCOC[n+]1ccc(N(C)C)cc1.[Cl-]. The number of hydrogen-bond donors (Lipinski definition) is 0. The lowest BCUT2D eigenvalue weighted by Crippen LogP contribution is -3.00. The number of unbranched alkanes of at least 4 members (excludes halogenated alkanes) is 9. The van der Waals surface area contributed by atoms with Gasteiger partial charge < -0.3 is 22.0 Å². The molecular formula is C20H37ClN2O. The molecular weight excluding hydrogens is 320 g/mol. The van der Waals surface area contributed by atoms with Crippen molar-refractivity contribution in [2.24, 2.45) is 0 Å². The number of rotatable bonds is 14. The zero-order chi connectivity index (χ0) is 16.8. The Hall–Kier alpha value is -0.800. The van der Waals surface area contributed by atoms with Crippen molar-refractivity contribution in [1.82, 2.24) is 0 Å². The van der Waals surface area contributed by atoms with Gasteiger partial charge in [-0.15, -0.1) is 0 Å². The minimum Gasteiger partial charge on any atom is -1.00 e. The Kier molecular flexibility index (Phi) is 15.2. The first-order valence-electron chi connectivity index (χ1n) is 9.48. The van der Waals surface area contributed by atoms with Gasteiger partial charge in [-0.1, -0.05) is 64.7 Å². The van der Waals surface area contributed by atoms with E-state index in [0.29, 0.717) is 6.73 Å². The fourth-order valence-electron chi connectivity index (χ4n) is 2.70. The lowest BCUT2D eigenvalue weighted by molar-refractivity contribution is -0.732. The predicted octanol–water partition coefficient (Wildman–Crippen LogP) is 1.94. The van der Waals surface area contributed by atoms with Gasteiger partial charge in [0, 0.05) is 31.9 Å². The zero-order valence-electron chi connectivity index (χ0n) is 16.0. The molecule has 0 bridgehead atoms. The van der Waals surface area contributed by atoms with E-state index in [1.165, 1.54) is 69.9 Å². The van der Waals surface area contributed by atoms with Crippen LogP contribution in [0.2, 0.25) is 0 Å². The fraction of sp³-hybridized carbons (Fsp3) is 0.750. The monoisotopic (exact) mass is 356 g/mol. The lowest BCUT2D eigenvalue weighted by Gasteiger charge is -2.10. The highest BCUT2D eigenvalue weighted by Gasteiger charge is 2.01. The third-order valence-corrected chi connectivity index (χ3v) is 4.27. The summed E-state index contributed by atoms with van der Waals surface area (Å²) >= 11 is 0. The minimum atomic E-state index is 0. The first-order chi connectivity index (χ1) is 11.2. The van der Waals surface area contributed by atoms with E-state index < -0.39 is 0 Å². The van der Waals surface area contributed by atoms with Gasteiger partial charge in [-0.25, -0.2) is 0 Å². The van der Waals surface area contributed by atoms with Crippen LogP contribution in [0, 0.1) is 0 Å². The summed E-state index contributed by atoms with van der Waals surface area (Å²) in [5, 5.41) is 0. The van der Waals surface area contributed by atoms with E-state index in [0.717, 1.165) is 6.61 Å². The van der Waals surface area contributed by atoms with Crippen molar-refractivity contribution in [3.05, 3.63) is 24.5 Å². The van der Waals surface area contributed by atoms with Gasteiger partial charge in [0.2, 0.25) is 0 Å². The summed E-state index contributed by atoms with van der Waals surface area (Å²) < 4.78 is 7.83. The minimum absolute atomic E-state index is 0. The molecule has 0 amide bonds. The maximum absolute atomic E-state index is 5.74. The molecule has 0 saturated carbocycles. The van der Waals surface area contributed by atoms with Crippen molar-refractivity contribution in [1.29, 1.82) is 0 Å². The Morgan fingerprint density at radius 1 is 0.833 bits per heavy atom. The van der Waals surface area contributed by atoms with Crippen LogP contribution in [0.15, 0.2) is 24.5 Å². The molecule has 140 valence electrons. The maximum atomic E-state index is 5.74. The summed E-state index contributed by atoms with van der Waals surface area (Å²) in [6.07, 6.45) is 17.9. The molecule has 0 radical (unpaired) electrons. The van der Waals surface area contributed by atoms with Crippen LogP contribution >= 0.6 is 0 Å². The number of halogens is 1. The topological polar surface area (TPSA) is 16.4 Å². The van der Waals surface area contributed by atoms with Gasteiger partial charge in [-0.3, -0.25) is 0 Å².